The van der Waals surface area contributed by atoms with Gasteiger partial charge >= 0.3 is 5.97 Å². The first-order valence-corrected chi connectivity index (χ1v) is 7.41. The van der Waals surface area contributed by atoms with Crippen LogP contribution < -0.4 is 5.84 Å². The monoisotopic (exact) mass is 315 g/mol. The van der Waals surface area contributed by atoms with Crippen LogP contribution in [0.1, 0.15) is 17.3 Å². The number of esters is 1. The lowest BCUT2D eigenvalue weighted by Crippen LogP contribution is -2.09. The second-order valence-electron chi connectivity index (χ2n) is 4.34. The van der Waals surface area contributed by atoms with E-state index in [-0.39, 0.29) is 0 Å². The van der Waals surface area contributed by atoms with Gasteiger partial charge in [0.15, 0.2) is 0 Å². The van der Waals surface area contributed by atoms with Crippen LogP contribution in [-0.2, 0) is 4.74 Å². The van der Waals surface area contributed by atoms with Crippen LogP contribution in [0.2, 0.25) is 0 Å². The molecule has 0 aromatic carbocycles. The summed E-state index contributed by atoms with van der Waals surface area (Å²) in [6.45, 7) is 2.06. The molecule has 2 N–H and O–H groups in total. The lowest BCUT2D eigenvalue weighted by atomic mass is 10.1. The van der Waals surface area contributed by atoms with Crippen LogP contribution in [0, 0.1) is 0 Å². The number of fused-ring (bicyclic) bond motifs is 1. The SMILES string of the molecule is CCOC(=O)c1c2cccccc-2nc1Sc1nncn1N. The van der Waals surface area contributed by atoms with E-state index in [4.69, 9.17) is 10.6 Å². The summed E-state index contributed by atoms with van der Waals surface area (Å²) in [5.74, 6) is 5.30. The molecule has 0 saturated heterocycles. The third-order valence-electron chi connectivity index (χ3n) is 2.93. The van der Waals surface area contributed by atoms with E-state index in [2.05, 4.69) is 15.2 Å². The molecule has 0 radical (unpaired) electrons. The van der Waals surface area contributed by atoms with Crippen molar-refractivity contribution in [2.45, 2.75) is 17.1 Å². The summed E-state index contributed by atoms with van der Waals surface area (Å²) in [6, 6.07) is 9.28. The molecule has 0 atom stereocenters. The van der Waals surface area contributed by atoms with Gasteiger partial charge in [-0.15, -0.1) is 10.2 Å². The summed E-state index contributed by atoms with van der Waals surface area (Å²) >= 11 is 1.18. The summed E-state index contributed by atoms with van der Waals surface area (Å²) in [7, 11) is 0. The van der Waals surface area contributed by atoms with Gasteiger partial charge in [0, 0.05) is 5.56 Å². The van der Waals surface area contributed by atoms with Crippen LogP contribution in [0.25, 0.3) is 11.3 Å². The molecule has 1 aliphatic heterocycles. The number of carbonyl (C=O) groups excluding carboxylic acids is 1. The third kappa shape index (κ3) is 2.60. The quantitative estimate of drug-likeness (QED) is 0.579. The normalized spacial score (nSPS) is 10.8. The van der Waals surface area contributed by atoms with Gasteiger partial charge in [-0.05, 0) is 24.8 Å². The van der Waals surface area contributed by atoms with Crippen LogP contribution in [-0.4, -0.2) is 32.4 Å². The van der Waals surface area contributed by atoms with Crippen LogP contribution in [0.4, 0.5) is 0 Å². The van der Waals surface area contributed by atoms with Gasteiger partial charge in [-0.2, -0.15) is 0 Å². The minimum atomic E-state index is -0.415. The van der Waals surface area contributed by atoms with Gasteiger partial charge in [0.2, 0.25) is 5.16 Å². The first-order chi connectivity index (χ1) is 10.7. The number of carbonyl (C=O) groups is 1. The smallest absolute Gasteiger partial charge is 0.341 e. The van der Waals surface area contributed by atoms with E-state index in [1.54, 1.807) is 6.92 Å². The van der Waals surface area contributed by atoms with Crippen molar-refractivity contribution in [3.05, 3.63) is 42.2 Å². The molecule has 0 unspecified atom stereocenters. The van der Waals surface area contributed by atoms with Crippen molar-refractivity contribution in [3.63, 3.8) is 0 Å². The van der Waals surface area contributed by atoms with Gasteiger partial charge < -0.3 is 10.6 Å². The number of aromatic nitrogens is 4. The Morgan fingerprint density at radius 1 is 1.36 bits per heavy atom. The zero-order valence-electron chi connectivity index (χ0n) is 11.8. The van der Waals surface area contributed by atoms with E-state index >= 15 is 0 Å². The summed E-state index contributed by atoms with van der Waals surface area (Å²) in [4.78, 5) is 16.8. The van der Waals surface area contributed by atoms with Crippen LogP contribution in [0.5, 0.6) is 0 Å². The number of rotatable bonds is 4. The van der Waals surface area contributed by atoms with E-state index < -0.39 is 5.97 Å². The lowest BCUT2D eigenvalue weighted by Gasteiger charge is -2.03. The van der Waals surface area contributed by atoms with E-state index in [1.165, 1.54) is 22.8 Å². The maximum absolute atomic E-state index is 12.3. The van der Waals surface area contributed by atoms with Crippen molar-refractivity contribution in [2.24, 2.45) is 0 Å². The fourth-order valence-corrected chi connectivity index (χ4v) is 2.85. The summed E-state index contributed by atoms with van der Waals surface area (Å²) in [6.07, 6.45) is 1.38. The van der Waals surface area contributed by atoms with Gasteiger partial charge in [0.1, 0.15) is 16.9 Å². The number of ether oxygens (including phenoxy) is 1. The largest absolute Gasteiger partial charge is 0.462 e. The highest BCUT2D eigenvalue weighted by Gasteiger charge is 2.25. The van der Waals surface area contributed by atoms with E-state index in [1.807, 2.05) is 30.3 Å². The molecule has 0 amide bonds. The Hall–Kier alpha value is -2.61. The summed E-state index contributed by atoms with van der Waals surface area (Å²) < 4.78 is 6.43. The van der Waals surface area contributed by atoms with Crippen molar-refractivity contribution in [1.82, 2.24) is 19.9 Å². The standard InChI is InChI=1S/C14H13N5O2S/c1-2-21-13(20)11-9-6-4-3-5-7-10(9)17-12(11)22-14-18-16-8-19(14)15/h3-8H,2,15H2,1H3. The van der Waals surface area contributed by atoms with Gasteiger partial charge in [-0.3, -0.25) is 0 Å². The summed E-state index contributed by atoms with van der Waals surface area (Å²) in [5.41, 5.74) is 1.86. The molecule has 0 saturated carbocycles. The van der Waals surface area contributed by atoms with Gasteiger partial charge in [0.05, 0.1) is 12.3 Å². The zero-order valence-corrected chi connectivity index (χ0v) is 12.6. The molecule has 0 bridgehead atoms. The zero-order chi connectivity index (χ0) is 15.5. The van der Waals surface area contributed by atoms with Crippen molar-refractivity contribution < 1.29 is 9.53 Å². The van der Waals surface area contributed by atoms with E-state index in [0.29, 0.717) is 28.0 Å². The first-order valence-electron chi connectivity index (χ1n) is 6.59. The highest BCUT2D eigenvalue weighted by molar-refractivity contribution is 7.99. The fraction of sp³-hybridized carbons (Fsp3) is 0.143. The lowest BCUT2D eigenvalue weighted by molar-refractivity contribution is 0.0523. The van der Waals surface area contributed by atoms with Gasteiger partial charge in [-0.25, -0.2) is 14.5 Å². The van der Waals surface area contributed by atoms with Crippen molar-refractivity contribution in [1.29, 1.82) is 0 Å². The number of nitrogen functional groups attached to an aromatic ring is 1. The Balaban J connectivity index is 2.11. The molecule has 1 aliphatic carbocycles. The Morgan fingerprint density at radius 3 is 2.91 bits per heavy atom. The maximum Gasteiger partial charge on any atom is 0.341 e. The molecule has 2 heterocycles. The van der Waals surface area contributed by atoms with Crippen LogP contribution >= 0.6 is 11.8 Å². The minimum Gasteiger partial charge on any atom is -0.462 e. The Morgan fingerprint density at radius 2 is 2.18 bits per heavy atom. The number of hydrogen-bond acceptors (Lipinski definition) is 7. The maximum atomic E-state index is 12.3. The van der Waals surface area contributed by atoms with Crippen molar-refractivity contribution in [3.8, 4) is 11.3 Å². The van der Waals surface area contributed by atoms with Crippen LogP contribution in [0.3, 0.4) is 0 Å². The third-order valence-corrected chi connectivity index (χ3v) is 3.89. The summed E-state index contributed by atoms with van der Waals surface area (Å²) in [5, 5.41) is 8.56. The average Bonchev–Trinajstić information content (AvgIpc) is 2.96. The topological polar surface area (TPSA) is 95.9 Å². The molecule has 2 aliphatic rings. The minimum absolute atomic E-state index is 0.293. The molecule has 3 rings (SSSR count). The van der Waals surface area contributed by atoms with Crippen molar-refractivity contribution in [2.75, 3.05) is 12.4 Å². The molecule has 0 fully saturated rings. The highest BCUT2D eigenvalue weighted by Crippen LogP contribution is 2.36. The molecule has 1 aromatic rings. The number of nitrogens with two attached hydrogens (primary N) is 1. The Kier molecular flexibility index (Phi) is 3.92. The molecule has 1 aromatic heterocycles. The average molecular weight is 315 g/mol. The number of nitrogens with zero attached hydrogens (tertiary/aromatic N) is 4. The van der Waals surface area contributed by atoms with Crippen LogP contribution in [0.15, 0.2) is 46.8 Å². The number of hydrogen-bond donors (Lipinski definition) is 1. The molecule has 22 heavy (non-hydrogen) atoms. The molecule has 7 nitrogen and oxygen atoms in total. The van der Waals surface area contributed by atoms with Crippen molar-refractivity contribution >= 4 is 17.7 Å². The molecule has 8 heteroatoms. The molecular formula is C14H13N5O2S. The Labute approximate surface area is 130 Å². The predicted molar refractivity (Wildman–Crippen MR) is 81.1 cm³/mol. The van der Waals surface area contributed by atoms with Gasteiger partial charge in [-0.1, -0.05) is 24.3 Å². The Bertz CT molecular complexity index is 789. The second kappa shape index (κ2) is 6.02. The predicted octanol–water partition coefficient (Wildman–Crippen LogP) is 1.82. The highest BCUT2D eigenvalue weighted by atomic mass is 32.2. The van der Waals surface area contributed by atoms with E-state index in [0.717, 1.165) is 5.56 Å². The molecular weight excluding hydrogens is 302 g/mol. The van der Waals surface area contributed by atoms with E-state index in [9.17, 15) is 4.79 Å². The van der Waals surface area contributed by atoms with Gasteiger partial charge in [0.25, 0.3) is 0 Å². The first kappa shape index (κ1) is 14.3. The molecule has 112 valence electrons. The second-order valence-corrected chi connectivity index (χ2v) is 5.30. The molecule has 0 spiro atoms. The fourth-order valence-electron chi connectivity index (χ4n) is 1.99.